The van der Waals surface area contributed by atoms with Crippen molar-refractivity contribution in [2.24, 2.45) is 0 Å². The summed E-state index contributed by atoms with van der Waals surface area (Å²) in [5.41, 5.74) is 0. The second-order valence-corrected chi connectivity index (χ2v) is 9.56. The van der Waals surface area contributed by atoms with Crippen LogP contribution in [0.1, 0.15) is 12.8 Å². The van der Waals surface area contributed by atoms with Crippen molar-refractivity contribution in [3.05, 3.63) is 30.3 Å². The van der Waals surface area contributed by atoms with E-state index in [9.17, 15) is 0 Å². The van der Waals surface area contributed by atoms with Crippen LogP contribution in [0.15, 0.2) is 30.3 Å². The SMILES string of the molecule is [Se]=P1(c2ccccc2)OC[C@@H]2CCCN21. The molecule has 1 aromatic rings. The van der Waals surface area contributed by atoms with E-state index in [2.05, 4.69) is 50.1 Å². The Kier molecular flexibility index (Phi) is 2.62. The summed E-state index contributed by atoms with van der Waals surface area (Å²) in [7, 11) is 0. The molecule has 1 unspecified atom stereocenters. The number of nitrogens with zero attached hydrogens (tertiary/aromatic N) is 1. The third-order valence-corrected chi connectivity index (χ3v) is 9.17. The molecule has 2 aliphatic heterocycles. The van der Waals surface area contributed by atoms with Crippen molar-refractivity contribution in [1.29, 1.82) is 0 Å². The molecule has 2 aliphatic rings. The fourth-order valence-corrected chi connectivity index (χ4v) is 7.47. The van der Waals surface area contributed by atoms with Crippen molar-refractivity contribution in [3.8, 4) is 0 Å². The Morgan fingerprint density at radius 3 is 2.93 bits per heavy atom. The molecule has 0 aromatic heterocycles. The summed E-state index contributed by atoms with van der Waals surface area (Å²) in [6.45, 7) is 2.11. The minimum absolute atomic E-state index is 0.666. The second-order valence-electron chi connectivity index (χ2n) is 4.11. The summed E-state index contributed by atoms with van der Waals surface area (Å²) < 4.78 is 8.65. The van der Waals surface area contributed by atoms with E-state index in [4.69, 9.17) is 4.52 Å². The van der Waals surface area contributed by atoms with E-state index >= 15 is 0 Å². The molecule has 0 saturated carbocycles. The summed E-state index contributed by atoms with van der Waals surface area (Å²) in [5.74, 6) is -1.57. The first kappa shape index (κ1) is 10.3. The van der Waals surface area contributed by atoms with E-state index in [1.54, 1.807) is 0 Å². The van der Waals surface area contributed by atoms with Crippen molar-refractivity contribution in [3.63, 3.8) is 0 Å². The molecular formula is C11H14NOPSe. The van der Waals surface area contributed by atoms with Crippen LogP contribution in [0.2, 0.25) is 0 Å². The Balaban J connectivity index is 2.01. The molecule has 2 fully saturated rings. The topological polar surface area (TPSA) is 12.5 Å². The Morgan fingerprint density at radius 1 is 1.33 bits per heavy atom. The molecule has 2 nitrogen and oxygen atoms in total. The van der Waals surface area contributed by atoms with Gasteiger partial charge >= 0.3 is 97.8 Å². The molecule has 2 heterocycles. The van der Waals surface area contributed by atoms with Crippen LogP contribution in [0.25, 0.3) is 0 Å². The van der Waals surface area contributed by atoms with Gasteiger partial charge in [-0.1, -0.05) is 0 Å². The molecule has 0 radical (unpaired) electrons. The molecule has 1 aromatic carbocycles. The van der Waals surface area contributed by atoms with Crippen LogP contribution in [0.5, 0.6) is 0 Å². The number of fused-ring (bicyclic) bond motifs is 1. The quantitative estimate of drug-likeness (QED) is 0.576. The number of hydrogen-bond donors (Lipinski definition) is 0. The molecule has 80 valence electrons. The van der Waals surface area contributed by atoms with E-state index < -0.39 is 5.89 Å². The first-order valence-electron chi connectivity index (χ1n) is 5.38. The van der Waals surface area contributed by atoms with Gasteiger partial charge in [0.2, 0.25) is 0 Å². The van der Waals surface area contributed by atoms with E-state index in [0.29, 0.717) is 6.04 Å². The van der Waals surface area contributed by atoms with Crippen molar-refractivity contribution in [2.45, 2.75) is 18.9 Å². The monoisotopic (exact) mass is 287 g/mol. The van der Waals surface area contributed by atoms with Gasteiger partial charge in [0.1, 0.15) is 0 Å². The first-order chi connectivity index (χ1) is 7.31. The standard InChI is InChI=1S/C11H14NOPSe/c15-14(11-6-2-1-3-7-11)12-8-4-5-10(12)9-13-14/h1-3,6-7,10H,4-5,8-9H2/t10-,14?/m0/s1. The zero-order valence-corrected chi connectivity index (χ0v) is 11.1. The van der Waals surface area contributed by atoms with Crippen molar-refractivity contribution >= 4 is 26.3 Å². The van der Waals surface area contributed by atoms with Crippen LogP contribution >= 0.6 is 5.89 Å². The van der Waals surface area contributed by atoms with Gasteiger partial charge in [-0.2, -0.15) is 0 Å². The third-order valence-electron chi connectivity index (χ3n) is 3.21. The molecule has 0 spiro atoms. The van der Waals surface area contributed by atoms with Crippen molar-refractivity contribution < 1.29 is 4.52 Å². The average Bonchev–Trinajstić information content (AvgIpc) is 2.85. The Morgan fingerprint density at radius 2 is 2.13 bits per heavy atom. The van der Waals surface area contributed by atoms with Gasteiger partial charge < -0.3 is 0 Å². The molecule has 0 aliphatic carbocycles. The summed E-state index contributed by atoms with van der Waals surface area (Å²) in [4.78, 5) is 0. The number of hydrogen-bond acceptors (Lipinski definition) is 2. The van der Waals surface area contributed by atoms with Crippen LogP contribution in [0.3, 0.4) is 0 Å². The second kappa shape index (κ2) is 3.83. The average molecular weight is 286 g/mol. The number of benzene rings is 1. The van der Waals surface area contributed by atoms with Gasteiger partial charge in [0, 0.05) is 0 Å². The van der Waals surface area contributed by atoms with Crippen LogP contribution in [-0.2, 0) is 4.52 Å². The summed E-state index contributed by atoms with van der Waals surface area (Å²) in [6, 6.07) is 11.3. The van der Waals surface area contributed by atoms with Crippen LogP contribution in [0.4, 0.5) is 0 Å². The Hall–Kier alpha value is 0.0895. The van der Waals surface area contributed by atoms with Gasteiger partial charge in [0.15, 0.2) is 0 Å². The van der Waals surface area contributed by atoms with Crippen LogP contribution < -0.4 is 5.30 Å². The molecular weight excluding hydrogens is 272 g/mol. The van der Waals surface area contributed by atoms with E-state index in [1.807, 2.05) is 0 Å². The summed E-state index contributed by atoms with van der Waals surface area (Å²) >= 11 is 3.35. The zero-order valence-electron chi connectivity index (χ0n) is 8.50. The molecule has 15 heavy (non-hydrogen) atoms. The van der Waals surface area contributed by atoms with Gasteiger partial charge in [0.05, 0.1) is 0 Å². The molecule has 0 amide bonds. The molecule has 4 heteroatoms. The van der Waals surface area contributed by atoms with Gasteiger partial charge in [-0.15, -0.1) is 0 Å². The first-order valence-corrected chi connectivity index (χ1v) is 9.25. The van der Waals surface area contributed by atoms with E-state index in [-0.39, 0.29) is 0 Å². The summed E-state index contributed by atoms with van der Waals surface area (Å²) in [6.07, 6.45) is 2.63. The summed E-state index contributed by atoms with van der Waals surface area (Å²) in [5, 5.41) is 1.34. The normalized spacial score (nSPS) is 35.6. The van der Waals surface area contributed by atoms with E-state index in [1.165, 1.54) is 24.7 Å². The maximum absolute atomic E-state index is 6.08. The van der Waals surface area contributed by atoms with Crippen LogP contribution in [0, 0.1) is 0 Å². The third kappa shape index (κ3) is 1.58. The predicted molar refractivity (Wildman–Crippen MR) is 64.4 cm³/mol. The van der Waals surface area contributed by atoms with Crippen molar-refractivity contribution in [2.75, 3.05) is 13.2 Å². The fraction of sp³-hybridized carbons (Fsp3) is 0.455. The molecule has 2 saturated heterocycles. The zero-order chi connectivity index (χ0) is 10.3. The maximum atomic E-state index is 6.08. The van der Waals surface area contributed by atoms with Gasteiger partial charge in [0.25, 0.3) is 0 Å². The number of rotatable bonds is 1. The van der Waals surface area contributed by atoms with Crippen LogP contribution in [-0.4, -0.2) is 39.0 Å². The molecule has 2 atom stereocenters. The molecule has 0 bridgehead atoms. The van der Waals surface area contributed by atoms with E-state index in [0.717, 1.165) is 6.61 Å². The van der Waals surface area contributed by atoms with Crippen molar-refractivity contribution in [1.82, 2.24) is 4.67 Å². The van der Waals surface area contributed by atoms with Gasteiger partial charge in [-0.05, 0) is 0 Å². The fourth-order valence-electron chi connectivity index (χ4n) is 2.44. The molecule has 0 N–H and O–H groups in total. The minimum atomic E-state index is -1.57. The Labute approximate surface area is 98.0 Å². The molecule has 3 rings (SSSR count). The van der Waals surface area contributed by atoms with Gasteiger partial charge in [-0.3, -0.25) is 0 Å². The predicted octanol–water partition coefficient (Wildman–Crippen LogP) is 1.74. The van der Waals surface area contributed by atoms with Gasteiger partial charge in [-0.25, -0.2) is 0 Å². The Bertz CT molecular complexity index is 408.